The number of nitrogens with one attached hydrogen (secondary N) is 1. The van der Waals surface area contributed by atoms with Gasteiger partial charge < -0.3 is 10.1 Å². The van der Waals surface area contributed by atoms with E-state index in [1.807, 2.05) is 28.9 Å². The molecule has 0 saturated carbocycles. The highest BCUT2D eigenvalue weighted by Crippen LogP contribution is 2.33. The summed E-state index contributed by atoms with van der Waals surface area (Å²) in [6, 6.07) is 24.7. The molecular formula is C28H24N4O2S. The number of rotatable bonds is 5. The molecule has 1 aromatic heterocycles. The smallest absolute Gasteiger partial charge is 0.262 e. The summed E-state index contributed by atoms with van der Waals surface area (Å²) in [7, 11) is 0. The maximum atomic E-state index is 11.9. The fourth-order valence-electron chi connectivity index (χ4n) is 4.50. The summed E-state index contributed by atoms with van der Waals surface area (Å²) in [6.45, 7) is 0.724. The van der Waals surface area contributed by atoms with Gasteiger partial charge in [0, 0.05) is 23.1 Å². The number of fused-ring (bicyclic) bond motifs is 2. The fourth-order valence-corrected chi connectivity index (χ4v) is 5.36. The molecule has 35 heavy (non-hydrogen) atoms. The molecule has 0 atom stereocenters. The number of carbonyl (C=O) groups is 1. The third-order valence-electron chi connectivity index (χ3n) is 6.26. The van der Waals surface area contributed by atoms with Crippen molar-refractivity contribution < 1.29 is 9.53 Å². The van der Waals surface area contributed by atoms with Crippen LogP contribution in [0.1, 0.15) is 23.1 Å². The highest BCUT2D eigenvalue weighted by molar-refractivity contribution is 7.07. The molecule has 4 aromatic rings. The van der Waals surface area contributed by atoms with Gasteiger partial charge in [-0.3, -0.25) is 9.79 Å². The minimum atomic E-state index is -0.146. The van der Waals surface area contributed by atoms with E-state index in [-0.39, 0.29) is 12.5 Å². The van der Waals surface area contributed by atoms with E-state index in [1.54, 1.807) is 11.3 Å². The normalized spacial score (nSPS) is 16.1. The van der Waals surface area contributed by atoms with Crippen molar-refractivity contribution >= 4 is 28.6 Å². The van der Waals surface area contributed by atoms with Crippen LogP contribution in [0.25, 0.3) is 11.3 Å². The number of carbonyl (C=O) groups excluding carboxylic acids is 1. The van der Waals surface area contributed by atoms with Gasteiger partial charge in [-0.25, -0.2) is 4.68 Å². The summed E-state index contributed by atoms with van der Waals surface area (Å²) < 4.78 is 7.50. The summed E-state index contributed by atoms with van der Waals surface area (Å²) in [4.78, 5) is 17.6. The molecule has 0 spiro atoms. The van der Waals surface area contributed by atoms with Crippen LogP contribution >= 0.6 is 11.3 Å². The maximum absolute atomic E-state index is 11.9. The number of aryl methyl sites for hydroxylation is 1. The molecule has 1 aliphatic carbocycles. The molecule has 1 aliphatic heterocycles. The van der Waals surface area contributed by atoms with E-state index in [9.17, 15) is 4.79 Å². The second-order valence-electron chi connectivity index (χ2n) is 8.58. The highest BCUT2D eigenvalue weighted by atomic mass is 32.1. The molecule has 2 aliphatic rings. The first-order chi connectivity index (χ1) is 17.2. The number of thiazole rings is 1. The van der Waals surface area contributed by atoms with Crippen LogP contribution in [0.5, 0.6) is 5.75 Å². The molecular weight excluding hydrogens is 456 g/mol. The molecule has 2 heterocycles. The van der Waals surface area contributed by atoms with Gasteiger partial charge in [-0.2, -0.15) is 5.10 Å². The Morgan fingerprint density at radius 3 is 2.77 bits per heavy atom. The molecule has 6 rings (SSSR count). The molecule has 6 nitrogen and oxygen atoms in total. The van der Waals surface area contributed by atoms with Gasteiger partial charge in [0.1, 0.15) is 5.75 Å². The van der Waals surface area contributed by atoms with Crippen molar-refractivity contribution in [3.05, 3.63) is 99.7 Å². The Morgan fingerprint density at radius 1 is 1.00 bits per heavy atom. The third-order valence-corrected chi connectivity index (χ3v) is 7.12. The molecule has 0 saturated heterocycles. The fraction of sp³-hybridized carbons (Fsp3) is 0.179. The number of benzene rings is 3. The van der Waals surface area contributed by atoms with E-state index < -0.39 is 0 Å². The van der Waals surface area contributed by atoms with Gasteiger partial charge in [-0.05, 0) is 48.6 Å². The molecule has 7 heteroatoms. The Bertz CT molecular complexity index is 1500. The lowest BCUT2D eigenvalue weighted by Crippen LogP contribution is -2.25. The number of hydrogen-bond donors (Lipinski definition) is 1. The predicted octanol–water partition coefficient (Wildman–Crippen LogP) is 4.89. The summed E-state index contributed by atoms with van der Waals surface area (Å²) in [5, 5.41) is 10.1. The number of amides is 1. The number of hydrogen-bond acceptors (Lipinski definition) is 5. The van der Waals surface area contributed by atoms with Crippen LogP contribution in [0.3, 0.4) is 0 Å². The summed E-state index contributed by atoms with van der Waals surface area (Å²) in [5.41, 5.74) is 7.44. The van der Waals surface area contributed by atoms with Crippen LogP contribution in [0, 0.1) is 0 Å². The number of nitrogens with zero attached hydrogens (tertiary/aromatic N) is 3. The lowest BCUT2D eigenvalue weighted by Gasteiger charge is -2.18. The Kier molecular flexibility index (Phi) is 5.76. The molecule has 0 bridgehead atoms. The van der Waals surface area contributed by atoms with E-state index in [4.69, 9.17) is 14.8 Å². The standard InChI is InChI=1S/C28H24N4O2S/c33-27-17-34-26-13-11-21(16-24(26)30-27)25-18-35-28(29-15-14-19-6-2-1-3-7-19)32(25)31-23-12-10-20-8-4-5-9-22(20)23/h1-9,11,13,16,18H,10,12,14-15,17H2,(H,30,33). The van der Waals surface area contributed by atoms with Crippen molar-refractivity contribution in [3.63, 3.8) is 0 Å². The van der Waals surface area contributed by atoms with E-state index in [1.165, 1.54) is 16.7 Å². The monoisotopic (exact) mass is 480 g/mol. The largest absolute Gasteiger partial charge is 0.482 e. The molecule has 3 aromatic carbocycles. The molecule has 1 amide bonds. The molecule has 1 N–H and O–H groups in total. The van der Waals surface area contributed by atoms with Crippen molar-refractivity contribution in [2.75, 3.05) is 18.5 Å². The van der Waals surface area contributed by atoms with Crippen LogP contribution in [0.4, 0.5) is 5.69 Å². The van der Waals surface area contributed by atoms with Crippen molar-refractivity contribution in [1.29, 1.82) is 0 Å². The topological polar surface area (TPSA) is 68.0 Å². The van der Waals surface area contributed by atoms with E-state index in [0.717, 1.165) is 41.0 Å². The van der Waals surface area contributed by atoms with Gasteiger partial charge in [-0.15, -0.1) is 11.3 Å². The lowest BCUT2D eigenvalue weighted by molar-refractivity contribution is -0.118. The zero-order valence-electron chi connectivity index (χ0n) is 19.1. The Morgan fingerprint density at radius 2 is 1.86 bits per heavy atom. The number of anilines is 1. The molecule has 174 valence electrons. The second-order valence-corrected chi connectivity index (χ2v) is 9.42. The van der Waals surface area contributed by atoms with E-state index >= 15 is 0 Å². The Labute approximate surface area is 207 Å². The van der Waals surface area contributed by atoms with Crippen LogP contribution < -0.4 is 14.9 Å². The van der Waals surface area contributed by atoms with E-state index in [0.29, 0.717) is 18.0 Å². The third kappa shape index (κ3) is 4.42. The van der Waals surface area contributed by atoms with Gasteiger partial charge in [0.2, 0.25) is 4.80 Å². The summed E-state index contributed by atoms with van der Waals surface area (Å²) >= 11 is 1.58. The first kappa shape index (κ1) is 21.6. The van der Waals surface area contributed by atoms with Crippen LogP contribution in [-0.4, -0.2) is 29.4 Å². The zero-order chi connectivity index (χ0) is 23.6. The quantitative estimate of drug-likeness (QED) is 0.442. The molecule has 0 fully saturated rings. The highest BCUT2D eigenvalue weighted by Gasteiger charge is 2.20. The van der Waals surface area contributed by atoms with Crippen LogP contribution in [-0.2, 0) is 17.6 Å². The zero-order valence-corrected chi connectivity index (χ0v) is 19.9. The van der Waals surface area contributed by atoms with E-state index in [2.05, 4.69) is 59.2 Å². The van der Waals surface area contributed by atoms with Gasteiger partial charge in [0.25, 0.3) is 5.91 Å². The first-order valence-electron chi connectivity index (χ1n) is 11.7. The summed E-state index contributed by atoms with van der Waals surface area (Å²) in [6.07, 6.45) is 2.77. The number of ether oxygens (including phenoxy) is 1. The average Bonchev–Trinajstić information content (AvgIpc) is 3.49. The minimum absolute atomic E-state index is 0.0440. The predicted molar refractivity (Wildman–Crippen MR) is 139 cm³/mol. The second kappa shape index (κ2) is 9.35. The van der Waals surface area contributed by atoms with Crippen molar-refractivity contribution in [1.82, 2.24) is 4.68 Å². The van der Waals surface area contributed by atoms with Gasteiger partial charge in [0.15, 0.2) is 6.61 Å². The average molecular weight is 481 g/mol. The maximum Gasteiger partial charge on any atom is 0.262 e. The Balaban J connectivity index is 1.41. The lowest BCUT2D eigenvalue weighted by atomic mass is 10.1. The van der Waals surface area contributed by atoms with Gasteiger partial charge in [0.05, 0.1) is 17.1 Å². The van der Waals surface area contributed by atoms with Gasteiger partial charge >= 0.3 is 0 Å². The number of aromatic nitrogens is 1. The van der Waals surface area contributed by atoms with Crippen molar-refractivity contribution in [2.24, 2.45) is 10.1 Å². The van der Waals surface area contributed by atoms with Crippen LogP contribution in [0.2, 0.25) is 0 Å². The van der Waals surface area contributed by atoms with Crippen molar-refractivity contribution in [2.45, 2.75) is 19.3 Å². The summed E-state index contributed by atoms with van der Waals surface area (Å²) in [5.74, 6) is 0.534. The molecule has 0 radical (unpaired) electrons. The molecule has 0 unspecified atom stereocenters. The van der Waals surface area contributed by atoms with Gasteiger partial charge in [-0.1, -0.05) is 54.6 Å². The SMILES string of the molecule is O=C1COc2ccc(-c3csc(=NCCc4ccccc4)n3N=C3CCc4ccccc43)cc2N1. The first-order valence-corrected chi connectivity index (χ1v) is 12.6. The van der Waals surface area contributed by atoms with Crippen LogP contribution in [0.15, 0.2) is 88.3 Å². The minimum Gasteiger partial charge on any atom is -0.482 e. The Hall–Kier alpha value is -3.97. The van der Waals surface area contributed by atoms with Crippen molar-refractivity contribution in [3.8, 4) is 17.0 Å².